The van der Waals surface area contributed by atoms with Gasteiger partial charge in [-0.2, -0.15) is 0 Å². The number of carbonyl (C=O) groups is 2. The lowest BCUT2D eigenvalue weighted by Gasteiger charge is -2.20. The Kier molecular flexibility index (Phi) is 6.97. The minimum atomic E-state index is -0.429. The molecule has 0 unspecified atom stereocenters. The molecular weight excluding hydrogens is 396 g/mol. The molecule has 0 aliphatic carbocycles. The summed E-state index contributed by atoms with van der Waals surface area (Å²) in [5.41, 5.74) is 1.63. The van der Waals surface area contributed by atoms with Gasteiger partial charge >= 0.3 is 0 Å². The quantitative estimate of drug-likeness (QED) is 0.624. The Morgan fingerprint density at radius 2 is 1.58 bits per heavy atom. The average molecular weight is 424 g/mol. The van der Waals surface area contributed by atoms with Crippen molar-refractivity contribution in [2.75, 3.05) is 38.8 Å². The van der Waals surface area contributed by atoms with Crippen LogP contribution in [0, 0.1) is 5.92 Å². The number of carbonyl (C=O) groups excluding carboxylic acids is 2. The van der Waals surface area contributed by atoms with Crippen molar-refractivity contribution in [2.24, 2.45) is 5.92 Å². The first kappa shape index (κ1) is 22.4. The van der Waals surface area contributed by atoms with Crippen LogP contribution in [0.5, 0.6) is 11.5 Å². The summed E-state index contributed by atoms with van der Waals surface area (Å²) in [6.07, 6.45) is 0. The maximum atomic E-state index is 13.4. The van der Waals surface area contributed by atoms with Crippen LogP contribution in [0.1, 0.15) is 19.4 Å². The van der Waals surface area contributed by atoms with Gasteiger partial charge in [-0.3, -0.25) is 9.59 Å². The number of amides is 2. The van der Waals surface area contributed by atoms with Crippen molar-refractivity contribution in [3.8, 4) is 11.5 Å². The highest BCUT2D eigenvalue weighted by molar-refractivity contribution is 6.45. The fourth-order valence-electron chi connectivity index (χ4n) is 3.34. The Morgan fingerprint density at radius 1 is 0.968 bits per heavy atom. The molecule has 1 aliphatic heterocycles. The number of methoxy groups -OCH3 is 1. The number of rotatable bonds is 9. The topological polar surface area (TPSA) is 79.3 Å². The van der Waals surface area contributed by atoms with Gasteiger partial charge in [0.05, 0.1) is 31.6 Å². The normalized spacial score (nSPS) is 13.9. The fourth-order valence-corrected chi connectivity index (χ4v) is 3.34. The molecule has 164 valence electrons. The molecule has 0 aromatic heterocycles. The van der Waals surface area contributed by atoms with Gasteiger partial charge in [-0.25, -0.2) is 4.90 Å². The highest BCUT2D eigenvalue weighted by atomic mass is 16.5. The van der Waals surface area contributed by atoms with E-state index in [1.807, 2.05) is 0 Å². The van der Waals surface area contributed by atoms with E-state index in [1.165, 1.54) is 0 Å². The van der Waals surface area contributed by atoms with Crippen LogP contribution in [0.4, 0.5) is 5.69 Å². The van der Waals surface area contributed by atoms with Crippen LogP contribution in [0.15, 0.2) is 54.2 Å². The first-order chi connectivity index (χ1) is 14.9. The number of imide groups is 1. The standard InChI is InChI=1S/C24H28N2O5/c1-16(2)15-31-20-9-5-17(6-10-20)21-22(25(3)13-14-27)24(29)26(23(21)28)18-7-11-19(30-4)12-8-18/h5-12,16,27H,13-15H2,1-4H3. The second-order valence-electron chi connectivity index (χ2n) is 7.74. The number of hydrogen-bond acceptors (Lipinski definition) is 6. The zero-order valence-electron chi connectivity index (χ0n) is 18.3. The molecule has 0 fully saturated rings. The van der Waals surface area contributed by atoms with Gasteiger partial charge in [0.2, 0.25) is 0 Å². The van der Waals surface area contributed by atoms with Crippen molar-refractivity contribution in [1.29, 1.82) is 0 Å². The Hall–Kier alpha value is -3.32. The van der Waals surface area contributed by atoms with Gasteiger partial charge in [0, 0.05) is 13.6 Å². The second kappa shape index (κ2) is 9.66. The van der Waals surface area contributed by atoms with E-state index in [4.69, 9.17) is 9.47 Å². The third-order valence-electron chi connectivity index (χ3n) is 4.93. The van der Waals surface area contributed by atoms with Gasteiger partial charge in [0.25, 0.3) is 11.8 Å². The summed E-state index contributed by atoms with van der Waals surface area (Å²) in [5.74, 6) is 0.887. The van der Waals surface area contributed by atoms with Gasteiger partial charge in [0.1, 0.15) is 17.2 Å². The smallest absolute Gasteiger partial charge is 0.282 e. The van der Waals surface area contributed by atoms with Crippen LogP contribution >= 0.6 is 0 Å². The van der Waals surface area contributed by atoms with E-state index in [9.17, 15) is 14.7 Å². The largest absolute Gasteiger partial charge is 0.497 e. The summed E-state index contributed by atoms with van der Waals surface area (Å²) >= 11 is 0. The summed E-state index contributed by atoms with van der Waals surface area (Å²) in [4.78, 5) is 29.4. The molecule has 31 heavy (non-hydrogen) atoms. The maximum Gasteiger partial charge on any atom is 0.282 e. The third-order valence-corrected chi connectivity index (χ3v) is 4.93. The monoisotopic (exact) mass is 424 g/mol. The van der Waals surface area contributed by atoms with E-state index >= 15 is 0 Å². The number of aliphatic hydroxyl groups is 1. The lowest BCUT2D eigenvalue weighted by molar-refractivity contribution is -0.120. The Labute approximate surface area is 182 Å². The molecule has 7 heteroatoms. The molecular formula is C24H28N2O5. The zero-order chi connectivity index (χ0) is 22.5. The minimum absolute atomic E-state index is 0.140. The van der Waals surface area contributed by atoms with Crippen molar-refractivity contribution in [2.45, 2.75) is 13.8 Å². The van der Waals surface area contributed by atoms with Gasteiger partial charge < -0.3 is 19.5 Å². The van der Waals surface area contributed by atoms with Gasteiger partial charge in [-0.1, -0.05) is 26.0 Å². The van der Waals surface area contributed by atoms with Crippen molar-refractivity contribution in [3.05, 3.63) is 59.8 Å². The average Bonchev–Trinajstić information content (AvgIpc) is 3.03. The molecule has 1 N–H and O–H groups in total. The number of ether oxygens (including phenoxy) is 2. The van der Waals surface area contributed by atoms with Crippen LogP contribution < -0.4 is 14.4 Å². The summed E-state index contributed by atoms with van der Waals surface area (Å²) < 4.78 is 10.9. The molecule has 0 atom stereocenters. The molecule has 2 aromatic carbocycles. The van der Waals surface area contributed by atoms with E-state index in [0.29, 0.717) is 40.8 Å². The summed E-state index contributed by atoms with van der Waals surface area (Å²) in [5, 5.41) is 9.38. The van der Waals surface area contributed by atoms with Crippen LogP contribution in [0.3, 0.4) is 0 Å². The maximum absolute atomic E-state index is 13.4. The summed E-state index contributed by atoms with van der Waals surface area (Å²) in [7, 11) is 3.24. The van der Waals surface area contributed by atoms with E-state index < -0.39 is 11.8 Å². The number of likely N-dealkylation sites (N-methyl/N-ethyl adjacent to an activating group) is 1. The first-order valence-electron chi connectivity index (χ1n) is 10.2. The molecule has 1 aliphatic rings. The number of nitrogens with zero attached hydrogens (tertiary/aromatic N) is 2. The number of hydrogen-bond donors (Lipinski definition) is 1. The molecule has 0 radical (unpaired) electrons. The Bertz CT molecular complexity index is 964. The number of benzene rings is 2. The van der Waals surface area contributed by atoms with Crippen molar-refractivity contribution in [3.63, 3.8) is 0 Å². The number of aliphatic hydroxyl groups excluding tert-OH is 1. The predicted octanol–water partition coefficient (Wildman–Crippen LogP) is 2.94. The molecule has 0 saturated heterocycles. The van der Waals surface area contributed by atoms with Crippen LogP contribution in [-0.4, -0.2) is 55.7 Å². The molecule has 2 aromatic rings. The third kappa shape index (κ3) is 4.72. The molecule has 0 spiro atoms. The molecule has 3 rings (SSSR count). The molecule has 0 saturated carbocycles. The van der Waals surface area contributed by atoms with E-state index in [-0.39, 0.29) is 18.8 Å². The molecule has 2 amide bonds. The number of anilines is 1. The minimum Gasteiger partial charge on any atom is -0.497 e. The van der Waals surface area contributed by atoms with E-state index in [0.717, 1.165) is 4.90 Å². The Balaban J connectivity index is 1.98. The highest BCUT2D eigenvalue weighted by Crippen LogP contribution is 2.35. The second-order valence-corrected chi connectivity index (χ2v) is 7.74. The summed E-state index contributed by atoms with van der Waals surface area (Å²) in [6.45, 7) is 4.82. The SMILES string of the molecule is COc1ccc(N2C(=O)C(c3ccc(OCC(C)C)cc3)=C(N(C)CCO)C2=O)cc1. The van der Waals surface area contributed by atoms with Crippen LogP contribution in [0.25, 0.3) is 5.57 Å². The first-order valence-corrected chi connectivity index (χ1v) is 10.2. The van der Waals surface area contributed by atoms with E-state index in [2.05, 4.69) is 13.8 Å². The Morgan fingerprint density at radius 3 is 2.13 bits per heavy atom. The lowest BCUT2D eigenvalue weighted by atomic mass is 10.0. The van der Waals surface area contributed by atoms with Gasteiger partial charge in [-0.05, 0) is 47.9 Å². The van der Waals surface area contributed by atoms with Crippen LogP contribution in [-0.2, 0) is 9.59 Å². The van der Waals surface area contributed by atoms with Gasteiger partial charge in [-0.15, -0.1) is 0 Å². The highest BCUT2D eigenvalue weighted by Gasteiger charge is 2.41. The summed E-state index contributed by atoms with van der Waals surface area (Å²) in [6, 6.07) is 13.9. The van der Waals surface area contributed by atoms with E-state index in [1.54, 1.807) is 67.6 Å². The van der Waals surface area contributed by atoms with Crippen molar-refractivity contribution < 1.29 is 24.2 Å². The van der Waals surface area contributed by atoms with Gasteiger partial charge in [0.15, 0.2) is 0 Å². The molecule has 7 nitrogen and oxygen atoms in total. The predicted molar refractivity (Wildman–Crippen MR) is 119 cm³/mol. The molecule has 0 bridgehead atoms. The van der Waals surface area contributed by atoms with Crippen molar-refractivity contribution >= 4 is 23.1 Å². The van der Waals surface area contributed by atoms with Crippen LogP contribution in [0.2, 0.25) is 0 Å². The fraction of sp³-hybridized carbons (Fsp3) is 0.333. The molecule has 1 heterocycles. The lowest BCUT2D eigenvalue weighted by Crippen LogP contribution is -2.34. The van der Waals surface area contributed by atoms with Crippen molar-refractivity contribution in [1.82, 2.24) is 4.90 Å². The zero-order valence-corrected chi connectivity index (χ0v) is 18.3.